The van der Waals surface area contributed by atoms with E-state index in [1.165, 1.54) is 29.2 Å². The summed E-state index contributed by atoms with van der Waals surface area (Å²) in [7, 11) is 1.55. The number of methoxy groups -OCH3 is 1. The van der Waals surface area contributed by atoms with Crippen molar-refractivity contribution >= 4 is 34.9 Å². The average Bonchev–Trinajstić information content (AvgIpc) is 2.79. The molecule has 3 rings (SSSR count). The fraction of sp³-hybridized carbons (Fsp3) is 0.130. The lowest BCUT2D eigenvalue weighted by Gasteiger charge is -2.23. The number of anilines is 2. The van der Waals surface area contributed by atoms with Gasteiger partial charge in [0.1, 0.15) is 11.6 Å². The Morgan fingerprint density at radius 1 is 0.968 bits per heavy atom. The van der Waals surface area contributed by atoms with E-state index in [1.807, 2.05) is 0 Å². The molecule has 0 aliphatic rings. The predicted molar refractivity (Wildman–Crippen MR) is 120 cm³/mol. The van der Waals surface area contributed by atoms with Crippen molar-refractivity contribution in [2.45, 2.75) is 0 Å². The number of nitrogens with zero attached hydrogens (tertiary/aromatic N) is 1. The van der Waals surface area contributed by atoms with Crippen LogP contribution in [0, 0.1) is 5.82 Å². The highest BCUT2D eigenvalue weighted by Crippen LogP contribution is 2.18. The number of carbonyl (C=O) groups excluding carboxylic acids is 2. The normalized spacial score (nSPS) is 10.3. The molecular formula is C23H21ClFN3O3. The van der Waals surface area contributed by atoms with Gasteiger partial charge in [0, 0.05) is 35.1 Å². The third-order valence-electron chi connectivity index (χ3n) is 4.45. The zero-order valence-electron chi connectivity index (χ0n) is 16.8. The topological polar surface area (TPSA) is 70.7 Å². The standard InChI is InChI=1S/C23H21ClFN3O3/c1-31-21-12-2-16(3-13-21)22(29)26-14-15-28(20-10-6-18(25)7-11-20)23(30)27-19-8-4-17(24)5-9-19/h2-13H,14-15H2,1H3,(H,26,29)(H,27,30). The van der Waals surface area contributed by atoms with Crippen molar-refractivity contribution in [2.24, 2.45) is 0 Å². The van der Waals surface area contributed by atoms with Crippen LogP contribution in [0.25, 0.3) is 0 Å². The van der Waals surface area contributed by atoms with Crippen molar-refractivity contribution < 1.29 is 18.7 Å². The highest BCUT2D eigenvalue weighted by Gasteiger charge is 2.17. The fourth-order valence-corrected chi connectivity index (χ4v) is 2.94. The van der Waals surface area contributed by atoms with Crippen molar-refractivity contribution in [2.75, 3.05) is 30.4 Å². The molecule has 3 amide bonds. The smallest absolute Gasteiger partial charge is 0.326 e. The van der Waals surface area contributed by atoms with E-state index in [2.05, 4.69) is 10.6 Å². The van der Waals surface area contributed by atoms with E-state index in [0.29, 0.717) is 27.7 Å². The van der Waals surface area contributed by atoms with Gasteiger partial charge in [0.25, 0.3) is 5.91 Å². The number of carbonyl (C=O) groups is 2. The maximum Gasteiger partial charge on any atom is 0.326 e. The molecule has 0 aromatic heterocycles. The molecule has 160 valence electrons. The summed E-state index contributed by atoms with van der Waals surface area (Å²) in [5.41, 5.74) is 1.52. The zero-order valence-corrected chi connectivity index (χ0v) is 17.5. The number of nitrogens with one attached hydrogen (secondary N) is 2. The molecule has 0 radical (unpaired) electrons. The lowest BCUT2D eigenvalue weighted by Crippen LogP contribution is -2.41. The number of halogens is 2. The Morgan fingerprint density at radius 2 is 1.61 bits per heavy atom. The maximum atomic E-state index is 13.3. The fourth-order valence-electron chi connectivity index (χ4n) is 2.82. The molecule has 0 aliphatic heterocycles. The second-order valence-corrected chi connectivity index (χ2v) is 6.99. The molecule has 0 bridgehead atoms. The van der Waals surface area contributed by atoms with Gasteiger partial charge in [0.15, 0.2) is 0 Å². The summed E-state index contributed by atoms with van der Waals surface area (Å²) in [6.45, 7) is 0.364. The third kappa shape index (κ3) is 6.20. The molecule has 0 unspecified atom stereocenters. The molecule has 2 N–H and O–H groups in total. The van der Waals surface area contributed by atoms with E-state index in [9.17, 15) is 14.0 Å². The van der Waals surface area contributed by atoms with Gasteiger partial charge in [-0.25, -0.2) is 9.18 Å². The van der Waals surface area contributed by atoms with Crippen molar-refractivity contribution in [1.82, 2.24) is 5.32 Å². The first kappa shape index (κ1) is 22.1. The minimum atomic E-state index is -0.423. The number of hydrogen-bond donors (Lipinski definition) is 2. The molecule has 0 fully saturated rings. The monoisotopic (exact) mass is 441 g/mol. The Bertz CT molecular complexity index is 1030. The molecule has 8 heteroatoms. The molecule has 31 heavy (non-hydrogen) atoms. The summed E-state index contributed by atoms with van der Waals surface area (Å²) in [6, 6.07) is 18.5. The van der Waals surface area contributed by atoms with E-state index in [0.717, 1.165) is 0 Å². The van der Waals surface area contributed by atoms with E-state index in [1.54, 1.807) is 55.6 Å². The number of urea groups is 1. The van der Waals surface area contributed by atoms with Crippen LogP contribution in [0.15, 0.2) is 72.8 Å². The summed E-state index contributed by atoms with van der Waals surface area (Å²) in [5.74, 6) is -0.0349. The molecule has 0 atom stereocenters. The van der Waals surface area contributed by atoms with Crippen LogP contribution in [-0.4, -0.2) is 32.1 Å². The minimum absolute atomic E-state index is 0.174. The summed E-state index contributed by atoms with van der Waals surface area (Å²) >= 11 is 5.88. The highest BCUT2D eigenvalue weighted by molar-refractivity contribution is 6.30. The molecule has 0 heterocycles. The number of rotatable bonds is 7. The van der Waals surface area contributed by atoms with E-state index in [-0.39, 0.29) is 19.0 Å². The molecule has 0 aliphatic carbocycles. The van der Waals surface area contributed by atoms with Gasteiger partial charge in [-0.2, -0.15) is 0 Å². The third-order valence-corrected chi connectivity index (χ3v) is 4.70. The molecule has 3 aromatic carbocycles. The average molecular weight is 442 g/mol. The van der Waals surface area contributed by atoms with E-state index in [4.69, 9.17) is 16.3 Å². The first-order valence-corrected chi connectivity index (χ1v) is 9.86. The van der Waals surface area contributed by atoms with Gasteiger partial charge >= 0.3 is 6.03 Å². The molecule has 0 saturated carbocycles. The largest absolute Gasteiger partial charge is 0.497 e. The van der Waals surface area contributed by atoms with Crippen molar-refractivity contribution in [3.63, 3.8) is 0 Å². The molecule has 3 aromatic rings. The van der Waals surface area contributed by atoms with Crippen LogP contribution in [0.3, 0.4) is 0 Å². The highest BCUT2D eigenvalue weighted by atomic mass is 35.5. The Labute approximate surface area is 184 Å². The van der Waals surface area contributed by atoms with Gasteiger partial charge in [-0.3, -0.25) is 9.69 Å². The number of amides is 3. The van der Waals surface area contributed by atoms with Crippen molar-refractivity contribution in [3.05, 3.63) is 89.2 Å². The van der Waals surface area contributed by atoms with Crippen LogP contribution in [-0.2, 0) is 0 Å². The van der Waals surface area contributed by atoms with Crippen LogP contribution in [0.1, 0.15) is 10.4 Å². The minimum Gasteiger partial charge on any atom is -0.497 e. The Kier molecular flexibility index (Phi) is 7.45. The van der Waals surface area contributed by atoms with Gasteiger partial charge in [0.05, 0.1) is 7.11 Å². The predicted octanol–water partition coefficient (Wildman–Crippen LogP) is 4.96. The van der Waals surface area contributed by atoms with Crippen LogP contribution in [0.2, 0.25) is 5.02 Å². The van der Waals surface area contributed by atoms with E-state index < -0.39 is 11.8 Å². The summed E-state index contributed by atoms with van der Waals surface area (Å²) in [4.78, 5) is 26.6. The van der Waals surface area contributed by atoms with Crippen LogP contribution in [0.4, 0.5) is 20.6 Å². The summed E-state index contributed by atoms with van der Waals surface area (Å²) < 4.78 is 18.4. The maximum absolute atomic E-state index is 13.3. The lowest BCUT2D eigenvalue weighted by atomic mass is 10.2. The zero-order chi connectivity index (χ0) is 22.2. The quantitative estimate of drug-likeness (QED) is 0.544. The Balaban J connectivity index is 1.67. The Hall–Kier alpha value is -3.58. The summed E-state index contributed by atoms with van der Waals surface area (Å²) in [6.07, 6.45) is 0. The SMILES string of the molecule is COc1ccc(C(=O)NCCN(C(=O)Nc2ccc(Cl)cc2)c2ccc(F)cc2)cc1. The van der Waals surface area contributed by atoms with Crippen LogP contribution in [0.5, 0.6) is 5.75 Å². The second kappa shape index (κ2) is 10.4. The van der Waals surface area contributed by atoms with Crippen LogP contribution < -0.4 is 20.3 Å². The molecular weight excluding hydrogens is 421 g/mol. The van der Waals surface area contributed by atoms with Crippen molar-refractivity contribution in [1.29, 1.82) is 0 Å². The Morgan fingerprint density at radius 3 is 2.23 bits per heavy atom. The van der Waals surface area contributed by atoms with E-state index >= 15 is 0 Å². The number of benzene rings is 3. The first-order chi connectivity index (χ1) is 15.0. The number of ether oxygens (including phenoxy) is 1. The first-order valence-electron chi connectivity index (χ1n) is 9.48. The van der Waals surface area contributed by atoms with Crippen LogP contribution >= 0.6 is 11.6 Å². The molecule has 0 spiro atoms. The lowest BCUT2D eigenvalue weighted by molar-refractivity contribution is 0.0954. The van der Waals surface area contributed by atoms with Gasteiger partial charge < -0.3 is 15.4 Å². The van der Waals surface area contributed by atoms with Gasteiger partial charge in [-0.1, -0.05) is 11.6 Å². The summed E-state index contributed by atoms with van der Waals surface area (Å²) in [5, 5.41) is 6.10. The molecule has 0 saturated heterocycles. The van der Waals surface area contributed by atoms with Gasteiger partial charge in [0.2, 0.25) is 0 Å². The number of hydrogen-bond acceptors (Lipinski definition) is 3. The molecule has 6 nitrogen and oxygen atoms in total. The second-order valence-electron chi connectivity index (χ2n) is 6.55. The van der Waals surface area contributed by atoms with Crippen molar-refractivity contribution in [3.8, 4) is 5.75 Å². The van der Waals surface area contributed by atoms with Gasteiger partial charge in [-0.05, 0) is 72.8 Å². The van der Waals surface area contributed by atoms with Gasteiger partial charge in [-0.15, -0.1) is 0 Å².